The molecule has 2 N–H and O–H groups in total. The minimum Gasteiger partial charge on any atom is -0.352 e. The number of carbonyl (C=O) groups is 3. The van der Waals surface area contributed by atoms with E-state index in [1.54, 1.807) is 18.2 Å². The summed E-state index contributed by atoms with van der Waals surface area (Å²) in [6.45, 7) is 0. The Morgan fingerprint density at radius 1 is 1.19 bits per heavy atom. The number of nitrogens with zero attached hydrogens (tertiary/aromatic N) is 1. The lowest BCUT2D eigenvalue weighted by Crippen LogP contribution is -2.49. The molecule has 21 heavy (non-hydrogen) atoms. The first kappa shape index (κ1) is 13.8. The summed E-state index contributed by atoms with van der Waals surface area (Å²) < 4.78 is 0. The van der Waals surface area contributed by atoms with Crippen molar-refractivity contribution >= 4 is 17.7 Å². The average Bonchev–Trinajstić information content (AvgIpc) is 2.98. The van der Waals surface area contributed by atoms with Gasteiger partial charge in [0.25, 0.3) is 11.8 Å². The Morgan fingerprint density at radius 2 is 1.86 bits per heavy atom. The van der Waals surface area contributed by atoms with Crippen molar-refractivity contribution in [1.82, 2.24) is 10.4 Å². The SMILES string of the molecule is O=C(NC1CCCC1)C1C(=O)N(O)C(=O)c2ccccc21. The maximum Gasteiger partial charge on any atom is 0.284 e. The van der Waals surface area contributed by atoms with Crippen LogP contribution in [0, 0.1) is 0 Å². The summed E-state index contributed by atoms with van der Waals surface area (Å²) in [5.41, 5.74) is 0.541. The second-order valence-corrected chi connectivity index (χ2v) is 5.47. The molecule has 0 aromatic heterocycles. The average molecular weight is 288 g/mol. The molecule has 0 saturated heterocycles. The van der Waals surface area contributed by atoms with Gasteiger partial charge in [0.1, 0.15) is 5.92 Å². The van der Waals surface area contributed by atoms with E-state index in [4.69, 9.17) is 0 Å². The van der Waals surface area contributed by atoms with E-state index in [-0.39, 0.29) is 16.7 Å². The highest BCUT2D eigenvalue weighted by molar-refractivity contribution is 6.18. The van der Waals surface area contributed by atoms with Crippen LogP contribution >= 0.6 is 0 Å². The van der Waals surface area contributed by atoms with Crippen LogP contribution in [-0.4, -0.2) is 34.0 Å². The number of hydrogen-bond acceptors (Lipinski definition) is 4. The first-order valence-corrected chi connectivity index (χ1v) is 7.06. The molecule has 6 heteroatoms. The molecule has 1 unspecified atom stereocenters. The minimum atomic E-state index is -1.16. The van der Waals surface area contributed by atoms with Crippen LogP contribution in [0.25, 0.3) is 0 Å². The van der Waals surface area contributed by atoms with E-state index in [1.165, 1.54) is 6.07 Å². The Balaban J connectivity index is 1.92. The van der Waals surface area contributed by atoms with E-state index in [2.05, 4.69) is 5.32 Å². The molecule has 0 radical (unpaired) electrons. The number of carbonyl (C=O) groups excluding carboxylic acids is 3. The second-order valence-electron chi connectivity index (χ2n) is 5.47. The predicted molar refractivity (Wildman–Crippen MR) is 72.5 cm³/mol. The number of hydrogen-bond donors (Lipinski definition) is 2. The Morgan fingerprint density at radius 3 is 2.57 bits per heavy atom. The van der Waals surface area contributed by atoms with Crippen LogP contribution in [0.4, 0.5) is 0 Å². The fourth-order valence-electron chi connectivity index (χ4n) is 3.02. The number of rotatable bonds is 2. The molecule has 1 aromatic carbocycles. The molecule has 3 rings (SSSR count). The number of imide groups is 1. The smallest absolute Gasteiger partial charge is 0.284 e. The van der Waals surface area contributed by atoms with Gasteiger partial charge in [-0.05, 0) is 24.5 Å². The summed E-state index contributed by atoms with van der Waals surface area (Å²) in [7, 11) is 0. The Labute approximate surface area is 121 Å². The first-order valence-electron chi connectivity index (χ1n) is 7.06. The molecule has 1 aliphatic heterocycles. The standard InChI is InChI=1S/C15H16N2O4/c18-13(16-9-5-1-2-6-9)12-10-7-3-4-8-11(10)14(19)17(21)15(12)20/h3-4,7-9,12,21H,1-2,5-6H2,(H,16,18). The molecule has 1 heterocycles. The van der Waals surface area contributed by atoms with E-state index >= 15 is 0 Å². The zero-order chi connectivity index (χ0) is 15.0. The van der Waals surface area contributed by atoms with E-state index in [1.807, 2.05) is 0 Å². The summed E-state index contributed by atoms with van der Waals surface area (Å²) in [5, 5.41) is 12.5. The molecule has 1 aromatic rings. The largest absolute Gasteiger partial charge is 0.352 e. The van der Waals surface area contributed by atoms with Gasteiger partial charge in [-0.3, -0.25) is 19.6 Å². The highest BCUT2D eigenvalue weighted by Gasteiger charge is 2.42. The van der Waals surface area contributed by atoms with Crippen molar-refractivity contribution in [1.29, 1.82) is 0 Å². The quantitative estimate of drug-likeness (QED) is 0.486. The molecule has 0 spiro atoms. The van der Waals surface area contributed by atoms with E-state index in [9.17, 15) is 19.6 Å². The van der Waals surface area contributed by atoms with Crippen LogP contribution in [0.3, 0.4) is 0 Å². The number of nitrogens with one attached hydrogen (secondary N) is 1. The molecule has 110 valence electrons. The van der Waals surface area contributed by atoms with Crippen molar-refractivity contribution in [2.75, 3.05) is 0 Å². The normalized spacial score (nSPS) is 22.3. The second kappa shape index (κ2) is 5.29. The van der Waals surface area contributed by atoms with Gasteiger partial charge in [0.2, 0.25) is 5.91 Å². The minimum absolute atomic E-state index is 0.0429. The Bertz CT molecular complexity index is 607. The van der Waals surface area contributed by atoms with Gasteiger partial charge in [0.15, 0.2) is 0 Å². The number of fused-ring (bicyclic) bond motifs is 1. The van der Waals surface area contributed by atoms with E-state index in [0.717, 1.165) is 25.7 Å². The highest BCUT2D eigenvalue weighted by atomic mass is 16.5. The lowest BCUT2D eigenvalue weighted by atomic mass is 9.88. The summed E-state index contributed by atoms with van der Waals surface area (Å²) in [6, 6.07) is 6.46. The van der Waals surface area contributed by atoms with Crippen molar-refractivity contribution in [2.45, 2.75) is 37.6 Å². The molecular formula is C15H16N2O4. The van der Waals surface area contributed by atoms with Gasteiger partial charge in [-0.2, -0.15) is 5.06 Å². The fourth-order valence-corrected chi connectivity index (χ4v) is 3.02. The molecule has 3 amide bonds. The summed E-state index contributed by atoms with van der Waals surface area (Å²) in [6.07, 6.45) is 3.92. The van der Waals surface area contributed by atoms with Crippen molar-refractivity contribution in [3.8, 4) is 0 Å². The van der Waals surface area contributed by atoms with Crippen LogP contribution in [0.5, 0.6) is 0 Å². The molecule has 6 nitrogen and oxygen atoms in total. The predicted octanol–water partition coefficient (Wildman–Crippen LogP) is 1.20. The molecule has 1 atom stereocenters. The van der Waals surface area contributed by atoms with Gasteiger partial charge >= 0.3 is 0 Å². The lowest BCUT2D eigenvalue weighted by Gasteiger charge is -2.28. The van der Waals surface area contributed by atoms with E-state index in [0.29, 0.717) is 5.56 Å². The zero-order valence-corrected chi connectivity index (χ0v) is 11.4. The third-order valence-corrected chi connectivity index (χ3v) is 4.11. The zero-order valence-electron chi connectivity index (χ0n) is 11.4. The first-order chi connectivity index (χ1) is 10.1. The molecular weight excluding hydrogens is 272 g/mol. The van der Waals surface area contributed by atoms with Crippen LogP contribution in [0.1, 0.15) is 47.5 Å². The fraction of sp³-hybridized carbons (Fsp3) is 0.400. The third kappa shape index (κ3) is 2.31. The van der Waals surface area contributed by atoms with Crippen LogP contribution < -0.4 is 5.32 Å². The number of benzene rings is 1. The monoisotopic (exact) mass is 288 g/mol. The van der Waals surface area contributed by atoms with Crippen LogP contribution in [0.2, 0.25) is 0 Å². The Hall–Kier alpha value is -2.21. The highest BCUT2D eigenvalue weighted by Crippen LogP contribution is 2.29. The summed E-state index contributed by atoms with van der Waals surface area (Å²) >= 11 is 0. The van der Waals surface area contributed by atoms with Gasteiger partial charge in [-0.1, -0.05) is 31.0 Å². The molecule has 1 saturated carbocycles. The topological polar surface area (TPSA) is 86.7 Å². The molecule has 2 aliphatic rings. The summed E-state index contributed by atoms with van der Waals surface area (Å²) in [4.78, 5) is 36.4. The van der Waals surface area contributed by atoms with Crippen LogP contribution in [0.15, 0.2) is 24.3 Å². The molecule has 1 aliphatic carbocycles. The maximum atomic E-state index is 12.4. The molecule has 0 bridgehead atoms. The van der Waals surface area contributed by atoms with Crippen molar-refractivity contribution < 1.29 is 19.6 Å². The van der Waals surface area contributed by atoms with Gasteiger partial charge in [0.05, 0.1) is 0 Å². The number of hydroxylamine groups is 2. The van der Waals surface area contributed by atoms with Crippen molar-refractivity contribution in [2.24, 2.45) is 0 Å². The van der Waals surface area contributed by atoms with Gasteiger partial charge in [-0.25, -0.2) is 0 Å². The summed E-state index contributed by atoms with van der Waals surface area (Å²) in [5.74, 6) is -3.30. The van der Waals surface area contributed by atoms with Gasteiger partial charge < -0.3 is 5.32 Å². The van der Waals surface area contributed by atoms with Gasteiger partial charge in [-0.15, -0.1) is 0 Å². The van der Waals surface area contributed by atoms with Crippen molar-refractivity contribution in [3.05, 3.63) is 35.4 Å². The molecule has 1 fully saturated rings. The number of amides is 3. The Kier molecular flexibility index (Phi) is 3.47. The van der Waals surface area contributed by atoms with E-state index < -0.39 is 23.6 Å². The lowest BCUT2D eigenvalue weighted by molar-refractivity contribution is -0.159. The maximum absolute atomic E-state index is 12.4. The van der Waals surface area contributed by atoms with Crippen molar-refractivity contribution in [3.63, 3.8) is 0 Å². The van der Waals surface area contributed by atoms with Gasteiger partial charge in [0, 0.05) is 11.6 Å². The third-order valence-electron chi connectivity index (χ3n) is 4.11. The van der Waals surface area contributed by atoms with Crippen LogP contribution in [-0.2, 0) is 9.59 Å².